The van der Waals surface area contributed by atoms with Gasteiger partial charge >= 0.3 is 0 Å². The van der Waals surface area contributed by atoms with E-state index in [1.807, 2.05) is 12.1 Å². The van der Waals surface area contributed by atoms with Crippen molar-refractivity contribution >= 4 is 16.3 Å². The molecule has 0 N–H and O–H groups in total. The highest BCUT2D eigenvalue weighted by molar-refractivity contribution is 6.08. The summed E-state index contributed by atoms with van der Waals surface area (Å²) in [6, 6.07) is 55.5. The molecule has 0 atom stereocenters. The van der Waals surface area contributed by atoms with Gasteiger partial charge in [-0.15, -0.1) is 0 Å². The van der Waals surface area contributed by atoms with Gasteiger partial charge in [0.2, 0.25) is 0 Å². The van der Waals surface area contributed by atoms with E-state index in [1.54, 1.807) is 12.1 Å². The molecule has 2 aromatic heterocycles. The van der Waals surface area contributed by atoms with Gasteiger partial charge in [0, 0.05) is 28.1 Å². The second-order valence-electron chi connectivity index (χ2n) is 13.2. The molecular formula is C45H31FN2. The molecule has 0 bridgehead atoms. The molecular weight excluding hydrogens is 588 g/mol. The maximum atomic E-state index is 14.7. The molecule has 2 aliphatic rings. The number of benzene rings is 6. The van der Waals surface area contributed by atoms with Crippen molar-refractivity contribution in [3.63, 3.8) is 0 Å². The Morgan fingerprint density at radius 1 is 0.583 bits per heavy atom. The number of pyridine rings is 1. The van der Waals surface area contributed by atoms with Crippen LogP contribution in [0.4, 0.5) is 4.39 Å². The monoisotopic (exact) mass is 618 g/mol. The van der Waals surface area contributed by atoms with Crippen LogP contribution >= 0.6 is 0 Å². The zero-order chi connectivity index (χ0) is 31.8. The molecule has 10 rings (SSSR count). The summed E-state index contributed by atoms with van der Waals surface area (Å²) in [5.74, 6) is 0.207. The van der Waals surface area contributed by atoms with Crippen molar-refractivity contribution in [1.29, 1.82) is 0 Å². The molecule has 0 aliphatic heterocycles. The summed E-state index contributed by atoms with van der Waals surface area (Å²) >= 11 is 0. The van der Waals surface area contributed by atoms with Gasteiger partial charge in [-0.2, -0.15) is 5.10 Å². The summed E-state index contributed by atoms with van der Waals surface area (Å²) in [5.41, 5.74) is 13.4. The number of halogens is 1. The van der Waals surface area contributed by atoms with Crippen molar-refractivity contribution in [3.05, 3.63) is 191 Å². The Labute approximate surface area is 278 Å². The number of hydrogen-bond acceptors (Lipinski definition) is 1. The number of hydrogen-bond donors (Lipinski definition) is 0. The van der Waals surface area contributed by atoms with E-state index in [1.165, 1.54) is 33.4 Å². The predicted octanol–water partition coefficient (Wildman–Crippen LogP) is 11.2. The van der Waals surface area contributed by atoms with Gasteiger partial charge in [-0.3, -0.25) is 0 Å². The van der Waals surface area contributed by atoms with Crippen LogP contribution in [-0.2, 0) is 5.41 Å². The quantitative estimate of drug-likeness (QED) is 0.188. The van der Waals surface area contributed by atoms with E-state index in [0.29, 0.717) is 5.92 Å². The van der Waals surface area contributed by atoms with Crippen molar-refractivity contribution in [3.8, 4) is 33.5 Å². The minimum absolute atomic E-state index is 0.219. The lowest BCUT2D eigenvalue weighted by atomic mass is 9.67. The van der Waals surface area contributed by atoms with E-state index in [0.717, 1.165) is 57.2 Å². The highest BCUT2D eigenvalue weighted by Gasteiger charge is 2.46. The van der Waals surface area contributed by atoms with Crippen molar-refractivity contribution in [2.75, 3.05) is 0 Å². The van der Waals surface area contributed by atoms with E-state index in [9.17, 15) is 4.39 Å². The lowest BCUT2D eigenvalue weighted by Gasteiger charge is -2.34. The normalized spacial score (nSPS) is 14.7. The molecule has 1 fully saturated rings. The van der Waals surface area contributed by atoms with Crippen molar-refractivity contribution in [2.24, 2.45) is 0 Å². The van der Waals surface area contributed by atoms with Crippen LogP contribution in [0.3, 0.4) is 0 Å². The summed E-state index contributed by atoms with van der Waals surface area (Å²) in [7, 11) is 0. The Morgan fingerprint density at radius 2 is 1.23 bits per heavy atom. The number of aromatic nitrogens is 2. The van der Waals surface area contributed by atoms with Gasteiger partial charge < -0.3 is 0 Å². The molecule has 0 radical (unpaired) electrons. The van der Waals surface area contributed by atoms with Crippen LogP contribution < -0.4 is 0 Å². The van der Waals surface area contributed by atoms with Gasteiger partial charge in [0.1, 0.15) is 11.5 Å². The fraction of sp³-hybridized carbons (Fsp3) is 0.0889. The first-order valence-corrected chi connectivity index (χ1v) is 16.8. The van der Waals surface area contributed by atoms with Crippen molar-refractivity contribution in [2.45, 2.75) is 24.2 Å². The van der Waals surface area contributed by atoms with Gasteiger partial charge in [-0.1, -0.05) is 127 Å². The van der Waals surface area contributed by atoms with Gasteiger partial charge in [0.25, 0.3) is 0 Å². The third-order valence-corrected chi connectivity index (χ3v) is 10.5. The number of rotatable bonds is 5. The SMILES string of the molecule is Fc1ccc2c(c1)cc(C1CC1)n1nc(-c3ccccc3)c(-c3ccc4c(c3)C(c3ccccc3)(c3ccccc3)c3ccccc3-4)c21. The van der Waals surface area contributed by atoms with Crippen LogP contribution in [-0.4, -0.2) is 9.61 Å². The molecule has 8 aromatic rings. The third-order valence-electron chi connectivity index (χ3n) is 10.5. The molecule has 0 unspecified atom stereocenters. The summed E-state index contributed by atoms with van der Waals surface area (Å²) in [4.78, 5) is 0. The third kappa shape index (κ3) is 3.88. The minimum atomic E-state index is -0.509. The van der Waals surface area contributed by atoms with Gasteiger partial charge in [-0.05, 0) is 87.5 Å². The Balaban J connectivity index is 1.34. The van der Waals surface area contributed by atoms with Crippen molar-refractivity contribution in [1.82, 2.24) is 9.61 Å². The fourth-order valence-corrected chi connectivity index (χ4v) is 8.28. The lowest BCUT2D eigenvalue weighted by Crippen LogP contribution is -2.28. The molecule has 48 heavy (non-hydrogen) atoms. The lowest BCUT2D eigenvalue weighted by molar-refractivity contribution is 0.629. The second-order valence-corrected chi connectivity index (χ2v) is 13.2. The fourth-order valence-electron chi connectivity index (χ4n) is 8.28. The van der Waals surface area contributed by atoms with E-state index in [4.69, 9.17) is 5.10 Å². The van der Waals surface area contributed by atoms with Crippen LogP contribution in [0.2, 0.25) is 0 Å². The Morgan fingerprint density at radius 3 is 1.94 bits per heavy atom. The summed E-state index contributed by atoms with van der Waals surface area (Å²) in [5, 5.41) is 7.33. The van der Waals surface area contributed by atoms with Crippen LogP contribution in [0.25, 0.3) is 49.8 Å². The van der Waals surface area contributed by atoms with Crippen LogP contribution in [0.15, 0.2) is 158 Å². The summed E-state index contributed by atoms with van der Waals surface area (Å²) in [6.45, 7) is 0. The molecule has 228 valence electrons. The smallest absolute Gasteiger partial charge is 0.123 e. The summed E-state index contributed by atoms with van der Waals surface area (Å²) in [6.07, 6.45) is 2.25. The van der Waals surface area contributed by atoms with E-state index < -0.39 is 5.41 Å². The topological polar surface area (TPSA) is 17.3 Å². The van der Waals surface area contributed by atoms with E-state index >= 15 is 0 Å². The molecule has 1 saturated carbocycles. The van der Waals surface area contributed by atoms with Gasteiger partial charge in [0.15, 0.2) is 0 Å². The first kappa shape index (κ1) is 27.3. The molecule has 0 spiro atoms. The zero-order valence-electron chi connectivity index (χ0n) is 26.3. The summed E-state index contributed by atoms with van der Waals surface area (Å²) < 4.78 is 16.9. The highest BCUT2D eigenvalue weighted by Crippen LogP contribution is 2.57. The van der Waals surface area contributed by atoms with Crippen LogP contribution in [0, 0.1) is 5.82 Å². The van der Waals surface area contributed by atoms with Crippen LogP contribution in [0.1, 0.15) is 46.7 Å². The molecule has 0 amide bonds. The molecule has 2 heterocycles. The number of nitrogens with zero attached hydrogens (tertiary/aromatic N) is 2. The second kappa shape index (κ2) is 10.4. The standard InChI is InChI=1S/C45H31FN2/c46-35-23-25-36-32(26-35)28-41(29-20-21-29)48-44(36)42(43(47-48)30-12-4-1-5-13-30)31-22-24-38-37-18-10-11-19-39(37)45(40(38)27-31,33-14-6-2-7-15-33)34-16-8-3-9-17-34/h1-19,22-29H,20-21H2. The Hall–Kier alpha value is -5.80. The van der Waals surface area contributed by atoms with E-state index in [-0.39, 0.29) is 5.82 Å². The minimum Gasteiger partial charge on any atom is -0.236 e. The first-order valence-electron chi connectivity index (χ1n) is 16.8. The number of fused-ring (bicyclic) bond motifs is 6. The first-order chi connectivity index (χ1) is 23.7. The van der Waals surface area contributed by atoms with Gasteiger partial charge in [0.05, 0.1) is 10.9 Å². The maximum absolute atomic E-state index is 14.7. The largest absolute Gasteiger partial charge is 0.236 e. The van der Waals surface area contributed by atoms with Gasteiger partial charge in [-0.25, -0.2) is 8.91 Å². The molecule has 6 aromatic carbocycles. The zero-order valence-corrected chi connectivity index (χ0v) is 26.3. The maximum Gasteiger partial charge on any atom is 0.123 e. The average Bonchev–Trinajstić information content (AvgIpc) is 3.85. The Kier molecular flexibility index (Phi) is 5.89. The van der Waals surface area contributed by atoms with E-state index in [2.05, 4.69) is 138 Å². The Bertz CT molecular complexity index is 2470. The highest BCUT2D eigenvalue weighted by atomic mass is 19.1. The molecule has 0 saturated heterocycles. The van der Waals surface area contributed by atoms with Crippen molar-refractivity contribution < 1.29 is 4.39 Å². The molecule has 2 nitrogen and oxygen atoms in total. The predicted molar refractivity (Wildman–Crippen MR) is 193 cm³/mol. The average molecular weight is 619 g/mol. The molecule has 3 heteroatoms. The molecule has 2 aliphatic carbocycles. The van der Waals surface area contributed by atoms with Crippen LogP contribution in [0.5, 0.6) is 0 Å².